The maximum atomic E-state index is 13.9. The Hall–Kier alpha value is -1.04. The molecule has 0 aliphatic heterocycles. The summed E-state index contributed by atoms with van der Waals surface area (Å²) in [5, 5.41) is 0. The van der Waals surface area contributed by atoms with Crippen LogP contribution in [-0.4, -0.2) is 76.4 Å². The molecule has 0 saturated heterocycles. The summed E-state index contributed by atoms with van der Waals surface area (Å²) in [7, 11) is 1.36. The SMILES string of the molecule is CCOCOC(CC1CC2CC1C1C3CC(C(C)C3C)C21)(C(F)(F)F)C(F)(F)F.COCCOCOC(CC1CC2CC1C1C3CC(C(C)C3C)C21)(C(F)(F)F)C(F)(F)F. The van der Waals surface area contributed by atoms with Crippen molar-refractivity contribution >= 4 is 0 Å². The zero-order valence-corrected chi connectivity index (χ0v) is 35.2. The molecule has 8 saturated carbocycles. The van der Waals surface area contributed by atoms with Crippen LogP contribution in [0, 0.1) is 107 Å². The van der Waals surface area contributed by atoms with Crippen molar-refractivity contribution in [3.63, 3.8) is 0 Å². The van der Waals surface area contributed by atoms with Gasteiger partial charge < -0.3 is 23.7 Å². The topological polar surface area (TPSA) is 46.2 Å². The van der Waals surface area contributed by atoms with E-state index < -0.39 is 74.2 Å². The van der Waals surface area contributed by atoms with Crippen LogP contribution in [0.1, 0.15) is 86.0 Å². The lowest BCUT2D eigenvalue weighted by atomic mass is 9.61. The second-order valence-electron chi connectivity index (χ2n) is 20.2. The van der Waals surface area contributed by atoms with Crippen LogP contribution < -0.4 is 0 Å². The third-order valence-corrected chi connectivity index (χ3v) is 18.3. The van der Waals surface area contributed by atoms with Gasteiger partial charge in [-0.3, -0.25) is 0 Å². The zero-order valence-electron chi connectivity index (χ0n) is 35.2. The van der Waals surface area contributed by atoms with Crippen LogP contribution in [0.15, 0.2) is 0 Å². The second kappa shape index (κ2) is 16.4. The van der Waals surface area contributed by atoms with Crippen LogP contribution in [0.3, 0.4) is 0 Å². The van der Waals surface area contributed by atoms with E-state index in [0.29, 0.717) is 77.9 Å². The summed E-state index contributed by atoms with van der Waals surface area (Å²) >= 11 is 0. The molecule has 0 aromatic heterocycles. The van der Waals surface area contributed by atoms with E-state index in [4.69, 9.17) is 14.2 Å². The van der Waals surface area contributed by atoms with Crippen LogP contribution in [0.25, 0.3) is 0 Å². The molecule has 60 heavy (non-hydrogen) atoms. The zero-order chi connectivity index (χ0) is 44.1. The molecule has 0 N–H and O–H groups in total. The van der Waals surface area contributed by atoms with Crippen molar-refractivity contribution < 1.29 is 76.4 Å². The van der Waals surface area contributed by atoms with Gasteiger partial charge in [0.15, 0.2) is 0 Å². The summed E-state index contributed by atoms with van der Waals surface area (Å²) in [6.07, 6.45) is -19.7. The van der Waals surface area contributed by atoms with Crippen LogP contribution in [0.4, 0.5) is 52.7 Å². The van der Waals surface area contributed by atoms with E-state index in [-0.39, 0.29) is 49.4 Å². The average molecular weight is 887 g/mol. The summed E-state index contributed by atoms with van der Waals surface area (Å²) in [6, 6.07) is 0. The fourth-order valence-electron chi connectivity index (χ4n) is 15.7. The van der Waals surface area contributed by atoms with Crippen LogP contribution >= 0.6 is 0 Å². The van der Waals surface area contributed by atoms with E-state index in [1.807, 2.05) is 0 Å². The Bertz CT molecular complexity index is 1460. The maximum Gasteiger partial charge on any atom is 0.426 e. The number of hydrogen-bond donors (Lipinski definition) is 0. The van der Waals surface area contributed by atoms with E-state index in [2.05, 4.69) is 37.2 Å². The van der Waals surface area contributed by atoms with Gasteiger partial charge >= 0.3 is 24.7 Å². The average Bonchev–Trinajstić information content (AvgIpc) is 4.00. The van der Waals surface area contributed by atoms with Crippen LogP contribution in [0.5, 0.6) is 0 Å². The van der Waals surface area contributed by atoms with Gasteiger partial charge in [-0.2, -0.15) is 52.7 Å². The van der Waals surface area contributed by atoms with Crippen molar-refractivity contribution in [3.8, 4) is 0 Å². The molecule has 0 heterocycles. The molecule has 5 nitrogen and oxygen atoms in total. The molecule has 18 unspecified atom stereocenters. The van der Waals surface area contributed by atoms with E-state index >= 15 is 0 Å². The Labute approximate surface area is 345 Å². The van der Waals surface area contributed by atoms with Crippen molar-refractivity contribution in [3.05, 3.63) is 0 Å². The molecule has 0 spiro atoms. The highest BCUT2D eigenvalue weighted by atomic mass is 19.4. The minimum atomic E-state index is -5.58. The molecule has 0 aromatic carbocycles. The number of fused-ring (bicyclic) bond motifs is 18. The van der Waals surface area contributed by atoms with Gasteiger partial charge in [-0.15, -0.1) is 0 Å². The third-order valence-electron chi connectivity index (χ3n) is 18.3. The predicted molar refractivity (Wildman–Crippen MR) is 193 cm³/mol. The molecule has 8 rings (SSSR count). The lowest BCUT2D eigenvalue weighted by Gasteiger charge is -2.46. The van der Waals surface area contributed by atoms with Gasteiger partial charge in [0.25, 0.3) is 11.2 Å². The molecule has 8 aliphatic carbocycles. The van der Waals surface area contributed by atoms with Crippen LogP contribution in [0.2, 0.25) is 0 Å². The van der Waals surface area contributed by atoms with Gasteiger partial charge in [0.1, 0.15) is 13.6 Å². The number of alkyl halides is 12. The number of hydrogen-bond acceptors (Lipinski definition) is 5. The normalized spacial score (nSPS) is 42.9. The van der Waals surface area contributed by atoms with E-state index in [9.17, 15) is 52.7 Å². The lowest BCUT2D eigenvalue weighted by molar-refractivity contribution is -0.399. The minimum absolute atomic E-state index is 0.0111. The summed E-state index contributed by atoms with van der Waals surface area (Å²) in [5.41, 5.74) is -8.36. The Balaban J connectivity index is 0.000000182. The molecular weight excluding hydrogens is 824 g/mol. The molecule has 8 bridgehead atoms. The van der Waals surface area contributed by atoms with Gasteiger partial charge in [0.05, 0.1) is 13.2 Å². The van der Waals surface area contributed by atoms with Gasteiger partial charge in [-0.25, -0.2) is 0 Å². The summed E-state index contributed by atoms with van der Waals surface area (Å²) in [6.45, 7) is 8.23. The molecule has 18 atom stereocenters. The first-order valence-corrected chi connectivity index (χ1v) is 22.0. The van der Waals surface area contributed by atoms with Crippen molar-refractivity contribution in [1.82, 2.24) is 0 Å². The molecule has 0 radical (unpaired) electrons. The van der Waals surface area contributed by atoms with E-state index in [1.165, 1.54) is 14.0 Å². The van der Waals surface area contributed by atoms with Crippen molar-refractivity contribution in [1.29, 1.82) is 0 Å². The Morgan fingerprint density at radius 2 is 0.783 bits per heavy atom. The quantitative estimate of drug-likeness (QED) is 0.0753. The summed E-state index contributed by atoms with van der Waals surface area (Å²) < 4.78 is 190. The van der Waals surface area contributed by atoms with E-state index in [0.717, 1.165) is 25.7 Å². The third kappa shape index (κ3) is 7.43. The van der Waals surface area contributed by atoms with Gasteiger partial charge in [-0.1, -0.05) is 27.7 Å². The fourth-order valence-corrected chi connectivity index (χ4v) is 15.7. The highest BCUT2D eigenvalue weighted by Gasteiger charge is 2.76. The van der Waals surface area contributed by atoms with Gasteiger partial charge in [0.2, 0.25) is 0 Å². The first kappa shape index (κ1) is 46.9. The molecule has 0 aromatic rings. The van der Waals surface area contributed by atoms with Crippen LogP contribution in [-0.2, 0) is 23.7 Å². The fraction of sp³-hybridized carbons (Fsp3) is 1.00. The molecule has 0 amide bonds. The molecule has 8 aliphatic rings. The lowest BCUT2D eigenvalue weighted by Crippen LogP contribution is -2.60. The number of halogens is 12. The molecular formula is C43H62F12O5. The van der Waals surface area contributed by atoms with Crippen molar-refractivity contribution in [2.75, 3.05) is 40.5 Å². The molecule has 17 heteroatoms. The maximum absolute atomic E-state index is 13.9. The summed E-state index contributed by atoms with van der Waals surface area (Å²) in [4.78, 5) is 0. The number of rotatable bonds is 14. The standard InChI is InChI=1S/C22H32F6O3.C21H30F6O2/c1-11-12(2)16-8-15(11)18-13-6-14(17(7-13)19(16)18)9-20(21(23,24)25,22(26,27)28)31-10-30-5-4-29-3;1-4-28-9-29-19(20(22,23)24,21(25,26)27)8-13-5-12-6-16(13)18-15-7-14(17(12)18)10(2)11(15)3/h11-19H,4-10H2,1-3H3;10-18H,4-9H2,1-3H3. The Morgan fingerprint density at radius 1 is 0.433 bits per heavy atom. The van der Waals surface area contributed by atoms with Gasteiger partial charge in [0, 0.05) is 13.7 Å². The van der Waals surface area contributed by atoms with Crippen molar-refractivity contribution in [2.24, 2.45) is 107 Å². The highest BCUT2D eigenvalue weighted by molar-refractivity contribution is 5.16. The largest absolute Gasteiger partial charge is 0.426 e. The van der Waals surface area contributed by atoms with Crippen molar-refractivity contribution in [2.45, 2.75) is 122 Å². The van der Waals surface area contributed by atoms with Gasteiger partial charge in [-0.05, 0) is 165 Å². The second-order valence-corrected chi connectivity index (χ2v) is 20.2. The van der Waals surface area contributed by atoms with E-state index in [1.54, 1.807) is 0 Å². The number of methoxy groups -OCH3 is 1. The summed E-state index contributed by atoms with van der Waals surface area (Å²) in [5.74, 6) is 5.01. The minimum Gasteiger partial charge on any atom is -0.382 e. The Morgan fingerprint density at radius 3 is 1.12 bits per heavy atom. The highest BCUT2D eigenvalue weighted by Crippen LogP contribution is 2.74. The molecule has 8 fully saturated rings. The Kier molecular flexibility index (Phi) is 12.9. The molecule has 348 valence electrons. The monoisotopic (exact) mass is 886 g/mol. The smallest absolute Gasteiger partial charge is 0.382 e. The predicted octanol–water partition coefficient (Wildman–Crippen LogP) is 11.7. The first-order chi connectivity index (χ1) is 27.9. The first-order valence-electron chi connectivity index (χ1n) is 22.0. The number of ether oxygens (including phenoxy) is 5.